The highest BCUT2D eigenvalue weighted by Gasteiger charge is 2.41. The van der Waals surface area contributed by atoms with Gasteiger partial charge in [0.25, 0.3) is 10.2 Å². The van der Waals surface area contributed by atoms with Crippen molar-refractivity contribution in [2.45, 2.75) is 39.2 Å². The minimum absolute atomic E-state index is 0.0301. The second-order valence-corrected chi connectivity index (χ2v) is 8.55. The Morgan fingerprint density at radius 2 is 1.95 bits per heavy atom. The Morgan fingerprint density at radius 3 is 2.57 bits per heavy atom. The predicted molar refractivity (Wildman–Crippen MR) is 82.9 cm³/mol. The van der Waals surface area contributed by atoms with Gasteiger partial charge in [0.05, 0.1) is 6.04 Å². The first-order valence-corrected chi connectivity index (χ1v) is 9.28. The minimum Gasteiger partial charge on any atom is -0.364 e. The van der Waals surface area contributed by atoms with Crippen molar-refractivity contribution >= 4 is 10.2 Å². The van der Waals surface area contributed by atoms with E-state index in [0.717, 1.165) is 25.0 Å². The van der Waals surface area contributed by atoms with E-state index in [1.807, 2.05) is 18.3 Å². The van der Waals surface area contributed by atoms with Gasteiger partial charge < -0.3 is 4.98 Å². The summed E-state index contributed by atoms with van der Waals surface area (Å²) in [4.78, 5) is 3.18. The molecule has 118 valence electrons. The summed E-state index contributed by atoms with van der Waals surface area (Å²) in [5.41, 5.74) is 1.01. The van der Waals surface area contributed by atoms with Crippen molar-refractivity contribution in [2.75, 3.05) is 19.6 Å². The zero-order valence-electron chi connectivity index (χ0n) is 12.8. The lowest BCUT2D eigenvalue weighted by Gasteiger charge is -2.37. The third kappa shape index (κ3) is 2.89. The molecular weight excluding hydrogens is 286 g/mol. The van der Waals surface area contributed by atoms with Crippen LogP contribution >= 0.6 is 0 Å². The molecule has 21 heavy (non-hydrogen) atoms. The molecule has 3 heterocycles. The van der Waals surface area contributed by atoms with Gasteiger partial charge in [-0.05, 0) is 43.2 Å². The van der Waals surface area contributed by atoms with Gasteiger partial charge in [-0.2, -0.15) is 17.0 Å². The Balaban J connectivity index is 1.83. The summed E-state index contributed by atoms with van der Waals surface area (Å²) in [7, 11) is -3.36. The summed E-state index contributed by atoms with van der Waals surface area (Å²) in [5, 5.41) is 0. The lowest BCUT2D eigenvalue weighted by Crippen LogP contribution is -2.49. The molecule has 1 aromatic heterocycles. The van der Waals surface area contributed by atoms with Crippen molar-refractivity contribution in [3.05, 3.63) is 24.0 Å². The van der Waals surface area contributed by atoms with E-state index in [1.165, 1.54) is 0 Å². The van der Waals surface area contributed by atoms with Crippen molar-refractivity contribution in [3.8, 4) is 0 Å². The molecule has 0 saturated carbocycles. The van der Waals surface area contributed by atoms with Crippen molar-refractivity contribution in [2.24, 2.45) is 11.8 Å². The third-order valence-corrected chi connectivity index (χ3v) is 6.62. The van der Waals surface area contributed by atoms with Gasteiger partial charge in [0.15, 0.2) is 0 Å². The molecule has 0 bridgehead atoms. The first kappa shape index (κ1) is 15.1. The van der Waals surface area contributed by atoms with Crippen LogP contribution in [0.3, 0.4) is 0 Å². The summed E-state index contributed by atoms with van der Waals surface area (Å²) in [6.45, 7) is 6.22. The Labute approximate surface area is 127 Å². The Morgan fingerprint density at radius 1 is 1.24 bits per heavy atom. The van der Waals surface area contributed by atoms with Crippen LogP contribution in [0.5, 0.6) is 0 Å². The molecule has 0 amide bonds. The number of aromatic amines is 1. The van der Waals surface area contributed by atoms with Crippen molar-refractivity contribution in [1.82, 2.24) is 13.6 Å². The third-order valence-electron chi connectivity index (χ3n) is 4.64. The van der Waals surface area contributed by atoms with Crippen LogP contribution < -0.4 is 0 Å². The number of nitrogens with one attached hydrogen (secondary N) is 1. The quantitative estimate of drug-likeness (QED) is 0.932. The van der Waals surface area contributed by atoms with E-state index >= 15 is 0 Å². The molecule has 3 rings (SSSR count). The number of hydrogen-bond acceptors (Lipinski definition) is 2. The second-order valence-electron chi connectivity index (χ2n) is 6.67. The maximum Gasteiger partial charge on any atom is 0.282 e. The standard InChI is InChI=1S/C15H25N3O2S/c1-12-9-13(2)11-17(10-12)21(19,20)18-8-4-6-15(18)14-5-3-7-16-14/h3,5,7,12-13,15-16H,4,6,8-11H2,1-2H3/t12-,13+,15-/m1/s1. The van der Waals surface area contributed by atoms with Gasteiger partial charge in [0, 0.05) is 31.5 Å². The largest absolute Gasteiger partial charge is 0.364 e. The molecule has 0 radical (unpaired) electrons. The van der Waals surface area contributed by atoms with Crippen molar-refractivity contribution < 1.29 is 8.42 Å². The zero-order chi connectivity index (χ0) is 15.0. The Kier molecular flexibility index (Phi) is 4.12. The van der Waals surface area contributed by atoms with Crippen molar-refractivity contribution in [3.63, 3.8) is 0 Å². The van der Waals surface area contributed by atoms with Crippen LogP contribution in [0.4, 0.5) is 0 Å². The molecule has 5 nitrogen and oxygen atoms in total. The number of hydrogen-bond donors (Lipinski definition) is 1. The van der Waals surface area contributed by atoms with Gasteiger partial charge in [-0.15, -0.1) is 0 Å². The molecule has 0 spiro atoms. The van der Waals surface area contributed by atoms with E-state index in [1.54, 1.807) is 8.61 Å². The summed E-state index contributed by atoms with van der Waals surface area (Å²) in [6.07, 6.45) is 4.82. The average Bonchev–Trinajstić information content (AvgIpc) is 3.08. The lowest BCUT2D eigenvalue weighted by atomic mass is 9.94. The fraction of sp³-hybridized carbons (Fsp3) is 0.733. The molecule has 1 N–H and O–H groups in total. The van der Waals surface area contributed by atoms with E-state index in [0.29, 0.717) is 31.5 Å². The Hall–Kier alpha value is -0.850. The molecule has 2 fully saturated rings. The molecule has 2 saturated heterocycles. The summed E-state index contributed by atoms with van der Waals surface area (Å²) >= 11 is 0. The van der Waals surface area contributed by atoms with Crippen molar-refractivity contribution in [1.29, 1.82) is 0 Å². The van der Waals surface area contributed by atoms with Crippen LogP contribution in [0.25, 0.3) is 0 Å². The van der Waals surface area contributed by atoms with E-state index in [4.69, 9.17) is 0 Å². The maximum absolute atomic E-state index is 13.0. The second kappa shape index (κ2) is 5.74. The topological polar surface area (TPSA) is 56.4 Å². The molecule has 6 heteroatoms. The first-order valence-electron chi connectivity index (χ1n) is 7.88. The maximum atomic E-state index is 13.0. The number of nitrogens with zero attached hydrogens (tertiary/aromatic N) is 2. The minimum atomic E-state index is -3.36. The smallest absolute Gasteiger partial charge is 0.282 e. The molecule has 0 aromatic carbocycles. The monoisotopic (exact) mass is 311 g/mol. The summed E-state index contributed by atoms with van der Waals surface area (Å²) < 4.78 is 29.4. The Bertz CT molecular complexity index is 560. The highest BCUT2D eigenvalue weighted by molar-refractivity contribution is 7.86. The normalized spacial score (nSPS) is 32.6. The van der Waals surface area contributed by atoms with E-state index in [-0.39, 0.29) is 6.04 Å². The fourth-order valence-corrected chi connectivity index (χ4v) is 5.90. The van der Waals surface area contributed by atoms with Gasteiger partial charge in [0.1, 0.15) is 0 Å². The number of H-pyrrole nitrogens is 1. The molecule has 0 unspecified atom stereocenters. The van der Waals surface area contributed by atoms with E-state index < -0.39 is 10.2 Å². The summed E-state index contributed by atoms with van der Waals surface area (Å²) in [6, 6.07) is 3.89. The van der Waals surface area contributed by atoms with E-state index in [2.05, 4.69) is 18.8 Å². The molecule has 1 aromatic rings. The van der Waals surface area contributed by atoms with Crippen LogP contribution in [0, 0.1) is 11.8 Å². The number of rotatable bonds is 3. The van der Waals surface area contributed by atoms with Gasteiger partial charge in [0.2, 0.25) is 0 Å². The van der Waals surface area contributed by atoms with Crippen LogP contribution in [0.15, 0.2) is 18.3 Å². The van der Waals surface area contributed by atoms with E-state index in [9.17, 15) is 8.42 Å². The molecule has 2 aliphatic heterocycles. The number of piperidine rings is 1. The first-order chi connectivity index (χ1) is 9.98. The number of aromatic nitrogens is 1. The molecular formula is C15H25N3O2S. The lowest BCUT2D eigenvalue weighted by molar-refractivity contribution is 0.206. The van der Waals surface area contributed by atoms with Gasteiger partial charge in [-0.3, -0.25) is 0 Å². The highest BCUT2D eigenvalue weighted by atomic mass is 32.2. The van der Waals surface area contributed by atoms with Crippen LogP contribution in [0.1, 0.15) is 44.8 Å². The molecule has 2 aliphatic rings. The molecule has 0 aliphatic carbocycles. The SMILES string of the molecule is C[C@@H]1C[C@H](C)CN(S(=O)(=O)N2CCC[C@@H]2c2ccc[nH]2)C1. The summed E-state index contributed by atoms with van der Waals surface area (Å²) in [5.74, 6) is 0.880. The van der Waals surface area contributed by atoms with Gasteiger partial charge in [-0.25, -0.2) is 0 Å². The predicted octanol–water partition coefficient (Wildman–Crippen LogP) is 2.37. The van der Waals surface area contributed by atoms with Crippen LogP contribution in [-0.4, -0.2) is 41.6 Å². The average molecular weight is 311 g/mol. The van der Waals surface area contributed by atoms with Gasteiger partial charge in [-0.1, -0.05) is 13.8 Å². The zero-order valence-corrected chi connectivity index (χ0v) is 13.6. The van der Waals surface area contributed by atoms with Crippen LogP contribution in [-0.2, 0) is 10.2 Å². The highest BCUT2D eigenvalue weighted by Crippen LogP contribution is 2.36. The van der Waals surface area contributed by atoms with Crippen LogP contribution in [0.2, 0.25) is 0 Å². The molecule has 3 atom stereocenters. The fourth-order valence-electron chi connectivity index (χ4n) is 3.82. The van der Waals surface area contributed by atoms with Gasteiger partial charge >= 0.3 is 0 Å².